The summed E-state index contributed by atoms with van der Waals surface area (Å²) >= 11 is 0. The fourth-order valence-corrected chi connectivity index (χ4v) is 2.84. The highest BCUT2D eigenvalue weighted by Gasteiger charge is 2.32. The molecule has 0 amide bonds. The number of hydrogen-bond acceptors (Lipinski definition) is 3. The number of nitrogens with zero attached hydrogens (tertiary/aromatic N) is 3. The minimum Gasteiger partial charge on any atom is -0.366 e. The Morgan fingerprint density at radius 2 is 1.90 bits per heavy atom. The summed E-state index contributed by atoms with van der Waals surface area (Å²) in [6, 6.07) is 5.37. The summed E-state index contributed by atoms with van der Waals surface area (Å²) in [7, 11) is 0. The van der Waals surface area contributed by atoms with E-state index in [0.717, 1.165) is 29.9 Å². The number of halogens is 3. The lowest BCUT2D eigenvalue weighted by Crippen LogP contribution is -2.27. The van der Waals surface area contributed by atoms with Crippen LogP contribution in [0.4, 0.5) is 19.1 Å². The molecule has 7 heteroatoms. The van der Waals surface area contributed by atoms with Crippen LogP contribution in [0.25, 0.3) is 0 Å². The third kappa shape index (κ3) is 2.59. The third-order valence-electron chi connectivity index (χ3n) is 3.99. The summed E-state index contributed by atoms with van der Waals surface area (Å²) in [5, 5.41) is 4.12. The Bertz CT molecular complexity index is 645. The van der Waals surface area contributed by atoms with Gasteiger partial charge in [0.25, 0.3) is 0 Å². The van der Waals surface area contributed by atoms with Gasteiger partial charge in [-0.2, -0.15) is 18.2 Å². The maximum Gasteiger partial charge on any atom is 0.416 e. The van der Waals surface area contributed by atoms with Gasteiger partial charge in [-0.3, -0.25) is 0 Å². The number of aromatic nitrogens is 3. The topological polar surface area (TPSA) is 56.7 Å². The van der Waals surface area contributed by atoms with Gasteiger partial charge in [-0.05, 0) is 23.6 Å². The molecule has 0 bridgehead atoms. The minimum atomic E-state index is -4.30. The minimum absolute atomic E-state index is 0.112. The van der Waals surface area contributed by atoms with Gasteiger partial charge in [0.15, 0.2) is 0 Å². The highest BCUT2D eigenvalue weighted by Crippen LogP contribution is 2.35. The van der Waals surface area contributed by atoms with Crippen LogP contribution in [0, 0.1) is 5.92 Å². The van der Waals surface area contributed by atoms with Crippen molar-refractivity contribution in [1.82, 2.24) is 14.8 Å². The van der Waals surface area contributed by atoms with Crippen molar-refractivity contribution in [3.8, 4) is 0 Å². The van der Waals surface area contributed by atoms with E-state index in [1.165, 1.54) is 0 Å². The Morgan fingerprint density at radius 1 is 1.24 bits per heavy atom. The average molecular weight is 296 g/mol. The predicted octanol–water partition coefficient (Wildman–Crippen LogP) is 2.86. The Morgan fingerprint density at radius 3 is 2.52 bits per heavy atom. The molecule has 4 nitrogen and oxygen atoms in total. The standard InChI is InChI=1S/C14H15F3N4/c1-8-6-12-19-13(18)20-21(12)7-11(8)9-2-4-10(5-3-9)14(15,16)17/h2-5,8,11H,6-7H2,1H3,(H2,18,20). The predicted molar refractivity (Wildman–Crippen MR) is 71.5 cm³/mol. The van der Waals surface area contributed by atoms with Crippen LogP contribution in [-0.4, -0.2) is 14.8 Å². The lowest BCUT2D eigenvalue weighted by Gasteiger charge is -2.29. The van der Waals surface area contributed by atoms with E-state index >= 15 is 0 Å². The molecule has 1 aliphatic heterocycles. The first kappa shape index (κ1) is 13.9. The van der Waals surface area contributed by atoms with Crippen molar-refractivity contribution in [3.05, 3.63) is 41.2 Å². The SMILES string of the molecule is CC1Cc2nc(N)nn2CC1c1ccc(C(F)(F)F)cc1. The highest BCUT2D eigenvalue weighted by atomic mass is 19.4. The largest absolute Gasteiger partial charge is 0.416 e. The van der Waals surface area contributed by atoms with Crippen molar-refractivity contribution in [3.63, 3.8) is 0 Å². The van der Waals surface area contributed by atoms with E-state index in [4.69, 9.17) is 5.73 Å². The van der Waals surface area contributed by atoms with Crippen molar-refractivity contribution < 1.29 is 13.2 Å². The zero-order valence-electron chi connectivity index (χ0n) is 11.4. The molecule has 21 heavy (non-hydrogen) atoms. The van der Waals surface area contributed by atoms with Gasteiger partial charge < -0.3 is 5.73 Å². The second-order valence-corrected chi connectivity index (χ2v) is 5.48. The van der Waals surface area contributed by atoms with E-state index in [2.05, 4.69) is 17.0 Å². The number of hydrogen-bond donors (Lipinski definition) is 1. The first-order valence-electron chi connectivity index (χ1n) is 6.71. The zero-order chi connectivity index (χ0) is 15.2. The van der Waals surface area contributed by atoms with E-state index in [1.807, 2.05) is 0 Å². The molecule has 2 aromatic rings. The first-order chi connectivity index (χ1) is 9.84. The number of benzene rings is 1. The van der Waals surface area contributed by atoms with Gasteiger partial charge in [-0.25, -0.2) is 4.68 Å². The first-order valence-corrected chi connectivity index (χ1v) is 6.71. The smallest absolute Gasteiger partial charge is 0.366 e. The molecule has 0 radical (unpaired) electrons. The van der Waals surface area contributed by atoms with Crippen LogP contribution < -0.4 is 5.73 Å². The maximum absolute atomic E-state index is 12.6. The van der Waals surface area contributed by atoms with Crippen LogP contribution in [0.1, 0.15) is 29.8 Å². The highest BCUT2D eigenvalue weighted by molar-refractivity contribution is 5.28. The van der Waals surface area contributed by atoms with Crippen molar-refractivity contribution in [2.24, 2.45) is 5.92 Å². The lowest BCUT2D eigenvalue weighted by atomic mass is 9.82. The number of nitrogen functional groups attached to an aromatic ring is 1. The van der Waals surface area contributed by atoms with Crippen LogP contribution in [0.5, 0.6) is 0 Å². The van der Waals surface area contributed by atoms with E-state index in [1.54, 1.807) is 16.8 Å². The molecule has 1 aromatic heterocycles. The molecule has 2 unspecified atom stereocenters. The Balaban J connectivity index is 1.87. The summed E-state index contributed by atoms with van der Waals surface area (Å²) in [6.45, 7) is 2.66. The molecule has 3 rings (SSSR count). The molecular formula is C14H15F3N4. The van der Waals surface area contributed by atoms with Gasteiger partial charge in [0, 0.05) is 12.3 Å². The van der Waals surface area contributed by atoms with Gasteiger partial charge in [0.05, 0.1) is 12.1 Å². The summed E-state index contributed by atoms with van der Waals surface area (Å²) in [5.41, 5.74) is 5.85. The van der Waals surface area contributed by atoms with Crippen LogP contribution in [0.15, 0.2) is 24.3 Å². The van der Waals surface area contributed by atoms with Crippen molar-refractivity contribution in [2.45, 2.75) is 32.0 Å². The van der Waals surface area contributed by atoms with Gasteiger partial charge in [-0.1, -0.05) is 19.1 Å². The molecule has 0 saturated carbocycles. The average Bonchev–Trinajstić information content (AvgIpc) is 2.76. The Labute approximate surface area is 119 Å². The molecule has 2 heterocycles. The van der Waals surface area contributed by atoms with E-state index < -0.39 is 11.7 Å². The second-order valence-electron chi connectivity index (χ2n) is 5.48. The number of fused-ring (bicyclic) bond motifs is 1. The third-order valence-corrected chi connectivity index (χ3v) is 3.99. The zero-order valence-corrected chi connectivity index (χ0v) is 11.4. The molecule has 112 valence electrons. The molecule has 0 saturated heterocycles. The number of alkyl halides is 3. The van der Waals surface area contributed by atoms with Crippen LogP contribution in [0.2, 0.25) is 0 Å². The van der Waals surface area contributed by atoms with Crippen molar-refractivity contribution in [2.75, 3.05) is 5.73 Å². The second kappa shape index (κ2) is 4.75. The molecule has 1 aliphatic rings. The number of nitrogens with two attached hydrogens (primary N) is 1. The molecular weight excluding hydrogens is 281 g/mol. The summed E-state index contributed by atoms with van der Waals surface area (Å²) in [6.07, 6.45) is -3.58. The lowest BCUT2D eigenvalue weighted by molar-refractivity contribution is -0.137. The van der Waals surface area contributed by atoms with Crippen LogP contribution in [0.3, 0.4) is 0 Å². The summed E-state index contributed by atoms with van der Waals surface area (Å²) < 4.78 is 39.6. The maximum atomic E-state index is 12.6. The Kier molecular flexibility index (Phi) is 3.15. The molecule has 1 aromatic carbocycles. The van der Waals surface area contributed by atoms with E-state index in [9.17, 15) is 13.2 Å². The van der Waals surface area contributed by atoms with Gasteiger partial charge in [0.1, 0.15) is 5.82 Å². The Hall–Kier alpha value is -2.05. The monoisotopic (exact) mass is 296 g/mol. The molecule has 2 atom stereocenters. The molecule has 0 fully saturated rings. The van der Waals surface area contributed by atoms with Crippen molar-refractivity contribution >= 4 is 5.95 Å². The normalized spacial score (nSPS) is 22.1. The van der Waals surface area contributed by atoms with Crippen molar-refractivity contribution in [1.29, 1.82) is 0 Å². The fourth-order valence-electron chi connectivity index (χ4n) is 2.84. The van der Waals surface area contributed by atoms with Crippen LogP contribution in [-0.2, 0) is 19.1 Å². The van der Waals surface area contributed by atoms with Gasteiger partial charge >= 0.3 is 6.18 Å². The molecule has 0 aliphatic carbocycles. The fraction of sp³-hybridized carbons (Fsp3) is 0.429. The number of rotatable bonds is 1. The van der Waals surface area contributed by atoms with E-state index in [0.29, 0.717) is 6.54 Å². The number of anilines is 1. The summed E-state index contributed by atoms with van der Waals surface area (Å²) in [5.74, 6) is 1.46. The quantitative estimate of drug-likeness (QED) is 0.880. The molecule has 2 N–H and O–H groups in total. The van der Waals surface area contributed by atoms with E-state index in [-0.39, 0.29) is 17.8 Å². The molecule has 0 spiro atoms. The van der Waals surface area contributed by atoms with Gasteiger partial charge in [-0.15, -0.1) is 5.10 Å². The van der Waals surface area contributed by atoms with Gasteiger partial charge in [0.2, 0.25) is 5.95 Å². The van der Waals surface area contributed by atoms with Crippen LogP contribution >= 0.6 is 0 Å². The summed E-state index contributed by atoms with van der Waals surface area (Å²) in [4.78, 5) is 4.16.